The summed E-state index contributed by atoms with van der Waals surface area (Å²) in [6, 6.07) is 4.66. The molecule has 1 nitrogen and oxygen atoms in total. The Hall–Kier alpha value is -0.680. The molecular formula is C14H18F3NS. The van der Waals surface area contributed by atoms with Crippen molar-refractivity contribution in [2.75, 3.05) is 6.54 Å². The van der Waals surface area contributed by atoms with Gasteiger partial charge in [-0.15, -0.1) is 11.8 Å². The molecule has 0 saturated heterocycles. The predicted molar refractivity (Wildman–Crippen MR) is 72.3 cm³/mol. The molecule has 0 aliphatic heterocycles. The molecule has 1 aromatic carbocycles. The van der Waals surface area contributed by atoms with E-state index in [1.54, 1.807) is 23.9 Å². The number of thioether (sulfide) groups is 1. The van der Waals surface area contributed by atoms with E-state index in [1.165, 1.54) is 18.9 Å². The van der Waals surface area contributed by atoms with Crippen LogP contribution in [0.4, 0.5) is 13.2 Å². The summed E-state index contributed by atoms with van der Waals surface area (Å²) in [7, 11) is 0. The maximum Gasteiger partial charge on any atom is 0.416 e. The molecule has 1 aromatic rings. The highest BCUT2D eigenvalue weighted by Gasteiger charge is 2.33. The fraction of sp³-hybridized carbons (Fsp3) is 0.571. The van der Waals surface area contributed by atoms with Gasteiger partial charge in [0.05, 0.1) is 5.56 Å². The molecular weight excluding hydrogens is 271 g/mol. The van der Waals surface area contributed by atoms with E-state index < -0.39 is 11.7 Å². The number of halogens is 3. The maximum atomic E-state index is 13.0. The minimum absolute atomic E-state index is 0.234. The first-order chi connectivity index (χ1) is 9.00. The van der Waals surface area contributed by atoms with Crippen LogP contribution < -0.4 is 5.73 Å². The normalized spacial score (nSPS) is 17.1. The Labute approximate surface area is 115 Å². The Morgan fingerprint density at radius 1 is 1.21 bits per heavy atom. The van der Waals surface area contributed by atoms with Crippen molar-refractivity contribution in [3.05, 3.63) is 29.3 Å². The summed E-state index contributed by atoms with van der Waals surface area (Å²) in [5.74, 6) is 0. The monoisotopic (exact) mass is 289 g/mol. The van der Waals surface area contributed by atoms with Crippen LogP contribution in [0.1, 0.15) is 36.8 Å². The summed E-state index contributed by atoms with van der Waals surface area (Å²) in [5.41, 5.74) is 5.14. The van der Waals surface area contributed by atoms with Crippen LogP contribution in [0, 0.1) is 0 Å². The van der Waals surface area contributed by atoms with Crippen LogP contribution in [0.2, 0.25) is 0 Å². The number of hydrogen-bond acceptors (Lipinski definition) is 2. The molecule has 0 unspecified atom stereocenters. The fourth-order valence-electron chi connectivity index (χ4n) is 2.46. The molecule has 0 atom stereocenters. The lowest BCUT2D eigenvalue weighted by Crippen LogP contribution is -2.13. The van der Waals surface area contributed by atoms with E-state index in [1.807, 2.05) is 0 Å². The van der Waals surface area contributed by atoms with Crippen molar-refractivity contribution in [3.63, 3.8) is 0 Å². The lowest BCUT2D eigenvalue weighted by Gasteiger charge is -2.15. The second kappa shape index (κ2) is 6.18. The SMILES string of the molecule is NCCc1ccc(SC2CCCC2)cc1C(F)(F)F. The van der Waals surface area contributed by atoms with Gasteiger partial charge in [-0.2, -0.15) is 13.2 Å². The molecule has 0 spiro atoms. The Bertz CT molecular complexity index is 425. The molecule has 19 heavy (non-hydrogen) atoms. The second-order valence-corrected chi connectivity index (χ2v) is 6.25. The smallest absolute Gasteiger partial charge is 0.330 e. The van der Waals surface area contributed by atoms with Crippen LogP contribution in [0.3, 0.4) is 0 Å². The lowest BCUT2D eigenvalue weighted by atomic mass is 10.0. The van der Waals surface area contributed by atoms with Gasteiger partial charge in [0.1, 0.15) is 0 Å². The highest BCUT2D eigenvalue weighted by Crippen LogP contribution is 2.39. The first kappa shape index (κ1) is 14.7. The summed E-state index contributed by atoms with van der Waals surface area (Å²) in [6.07, 6.45) is 0.567. The first-order valence-corrected chi connectivity index (χ1v) is 7.45. The third-order valence-corrected chi connectivity index (χ3v) is 4.74. The van der Waals surface area contributed by atoms with Crippen molar-refractivity contribution in [3.8, 4) is 0 Å². The van der Waals surface area contributed by atoms with Gasteiger partial charge in [0.2, 0.25) is 0 Å². The number of benzene rings is 1. The molecule has 1 aliphatic rings. The van der Waals surface area contributed by atoms with Crippen LogP contribution in [0.25, 0.3) is 0 Å². The Kier molecular flexibility index (Phi) is 4.79. The summed E-state index contributed by atoms with van der Waals surface area (Å²) in [5, 5.41) is 0.474. The molecule has 0 aromatic heterocycles. The van der Waals surface area contributed by atoms with Crippen molar-refractivity contribution in [1.29, 1.82) is 0 Å². The van der Waals surface area contributed by atoms with Gasteiger partial charge in [-0.05, 0) is 43.5 Å². The van der Waals surface area contributed by atoms with E-state index in [9.17, 15) is 13.2 Å². The van der Waals surface area contributed by atoms with Gasteiger partial charge in [0.15, 0.2) is 0 Å². The summed E-state index contributed by atoms with van der Waals surface area (Å²) < 4.78 is 39.0. The first-order valence-electron chi connectivity index (χ1n) is 6.57. The zero-order chi connectivity index (χ0) is 13.9. The summed E-state index contributed by atoms with van der Waals surface area (Å²) in [4.78, 5) is 0.722. The van der Waals surface area contributed by atoms with Crippen LogP contribution in [-0.2, 0) is 12.6 Å². The minimum Gasteiger partial charge on any atom is -0.330 e. The predicted octanol–water partition coefficient (Wildman–Crippen LogP) is 4.24. The van der Waals surface area contributed by atoms with E-state index in [-0.39, 0.29) is 13.0 Å². The van der Waals surface area contributed by atoms with Crippen molar-refractivity contribution < 1.29 is 13.2 Å². The van der Waals surface area contributed by atoms with Crippen LogP contribution >= 0.6 is 11.8 Å². The number of alkyl halides is 3. The average molecular weight is 289 g/mol. The van der Waals surface area contributed by atoms with Crippen LogP contribution in [-0.4, -0.2) is 11.8 Å². The van der Waals surface area contributed by atoms with Crippen molar-refractivity contribution >= 4 is 11.8 Å². The highest BCUT2D eigenvalue weighted by molar-refractivity contribution is 8.00. The Morgan fingerprint density at radius 3 is 2.47 bits per heavy atom. The summed E-state index contributed by atoms with van der Waals surface area (Å²) >= 11 is 1.58. The molecule has 0 radical (unpaired) electrons. The molecule has 1 saturated carbocycles. The van der Waals surface area contributed by atoms with Gasteiger partial charge in [0.25, 0.3) is 0 Å². The zero-order valence-electron chi connectivity index (χ0n) is 10.7. The van der Waals surface area contributed by atoms with Crippen LogP contribution in [0.5, 0.6) is 0 Å². The summed E-state index contributed by atoms with van der Waals surface area (Å²) in [6.45, 7) is 0.234. The molecule has 0 heterocycles. The molecule has 0 amide bonds. The fourth-order valence-corrected chi connectivity index (χ4v) is 3.75. The lowest BCUT2D eigenvalue weighted by molar-refractivity contribution is -0.138. The van der Waals surface area contributed by atoms with Crippen molar-refractivity contribution in [1.82, 2.24) is 0 Å². The van der Waals surface area contributed by atoms with Crippen molar-refractivity contribution in [2.24, 2.45) is 5.73 Å². The van der Waals surface area contributed by atoms with Crippen LogP contribution in [0.15, 0.2) is 23.1 Å². The quantitative estimate of drug-likeness (QED) is 0.897. The third kappa shape index (κ3) is 3.89. The Morgan fingerprint density at radius 2 is 1.89 bits per heavy atom. The van der Waals surface area contributed by atoms with E-state index in [2.05, 4.69) is 0 Å². The van der Waals surface area contributed by atoms with Crippen molar-refractivity contribution in [2.45, 2.75) is 48.4 Å². The minimum atomic E-state index is -4.29. The number of hydrogen-bond donors (Lipinski definition) is 1. The number of rotatable bonds is 4. The van der Waals surface area contributed by atoms with E-state index in [4.69, 9.17) is 5.73 Å². The van der Waals surface area contributed by atoms with Gasteiger partial charge >= 0.3 is 6.18 Å². The van der Waals surface area contributed by atoms with Gasteiger partial charge in [-0.1, -0.05) is 18.9 Å². The van der Waals surface area contributed by atoms with Gasteiger partial charge in [-0.3, -0.25) is 0 Å². The molecule has 5 heteroatoms. The average Bonchev–Trinajstić information content (AvgIpc) is 2.83. The topological polar surface area (TPSA) is 26.0 Å². The second-order valence-electron chi connectivity index (χ2n) is 4.88. The third-order valence-electron chi connectivity index (χ3n) is 3.41. The molecule has 2 N–H and O–H groups in total. The van der Waals surface area contributed by atoms with Gasteiger partial charge in [0, 0.05) is 10.1 Å². The van der Waals surface area contributed by atoms with E-state index >= 15 is 0 Å². The number of nitrogens with two attached hydrogens (primary N) is 1. The molecule has 1 fully saturated rings. The van der Waals surface area contributed by atoms with E-state index in [0.29, 0.717) is 10.8 Å². The largest absolute Gasteiger partial charge is 0.416 e. The zero-order valence-corrected chi connectivity index (χ0v) is 11.5. The Balaban J connectivity index is 2.21. The molecule has 0 bridgehead atoms. The molecule has 1 aliphatic carbocycles. The standard InChI is InChI=1S/C14H18F3NS/c15-14(16,17)13-9-12(6-5-10(13)7-8-18)19-11-3-1-2-4-11/h5-6,9,11H,1-4,7-8,18H2. The van der Waals surface area contributed by atoms with E-state index in [0.717, 1.165) is 17.7 Å². The maximum absolute atomic E-state index is 13.0. The molecule has 106 valence electrons. The van der Waals surface area contributed by atoms with Gasteiger partial charge < -0.3 is 5.73 Å². The molecule has 2 rings (SSSR count). The highest BCUT2D eigenvalue weighted by atomic mass is 32.2. The van der Waals surface area contributed by atoms with Gasteiger partial charge in [-0.25, -0.2) is 0 Å².